The van der Waals surface area contributed by atoms with Crippen molar-refractivity contribution in [1.82, 2.24) is 10.2 Å². The number of unbranched alkanes of at least 4 members (excludes halogenated alkanes) is 1. The number of phenolic OH excluding ortho intramolecular Hbond substituents is 1. The molecule has 3 unspecified atom stereocenters. The first kappa shape index (κ1) is 32.0. The third-order valence-corrected chi connectivity index (χ3v) is 6.72. The van der Waals surface area contributed by atoms with Crippen LogP contribution in [0.15, 0.2) is 42.5 Å². The van der Waals surface area contributed by atoms with Crippen molar-refractivity contribution in [2.24, 2.45) is 5.92 Å². The molecule has 0 aliphatic heterocycles. The number of rotatable bonds is 11. The first-order valence-corrected chi connectivity index (χ1v) is 13.8. The maximum absolute atomic E-state index is 14.2. The van der Waals surface area contributed by atoms with Gasteiger partial charge in [0.15, 0.2) is 0 Å². The number of aromatic hydroxyl groups is 1. The van der Waals surface area contributed by atoms with E-state index in [1.54, 1.807) is 45.0 Å². The summed E-state index contributed by atoms with van der Waals surface area (Å²) in [5, 5.41) is 16.3. The van der Waals surface area contributed by atoms with Crippen molar-refractivity contribution in [3.8, 4) is 5.75 Å². The summed E-state index contributed by atoms with van der Waals surface area (Å²) in [5.41, 5.74) is 0.900. The van der Waals surface area contributed by atoms with Crippen LogP contribution < -0.4 is 10.6 Å². The normalized spacial score (nSPS) is 13.6. The van der Waals surface area contributed by atoms with Crippen LogP contribution in [0.25, 0.3) is 0 Å². The molecule has 0 aliphatic rings. The highest BCUT2D eigenvalue weighted by Gasteiger charge is 2.38. The number of alkyl carbamates (subject to hydrolysis) is 1. The highest BCUT2D eigenvalue weighted by molar-refractivity contribution is 6.34. The quantitative estimate of drug-likeness (QED) is 0.287. The molecule has 0 aromatic heterocycles. The van der Waals surface area contributed by atoms with Crippen LogP contribution in [0.2, 0.25) is 5.02 Å². The van der Waals surface area contributed by atoms with Crippen LogP contribution >= 0.6 is 11.6 Å². The topological polar surface area (TPSA) is 108 Å². The fraction of sp³-hybridized carbons (Fsp3) is 0.500. The van der Waals surface area contributed by atoms with Crippen LogP contribution in [0, 0.1) is 12.8 Å². The van der Waals surface area contributed by atoms with Gasteiger partial charge in [-0.2, -0.15) is 0 Å². The zero-order chi connectivity index (χ0) is 29.3. The predicted molar refractivity (Wildman–Crippen MR) is 155 cm³/mol. The zero-order valence-electron chi connectivity index (χ0n) is 24.0. The van der Waals surface area contributed by atoms with E-state index in [0.29, 0.717) is 29.1 Å². The number of nitrogens with zero attached hydrogens (tertiary/aromatic N) is 1. The maximum atomic E-state index is 14.2. The molecule has 0 bridgehead atoms. The van der Waals surface area contributed by atoms with E-state index in [-0.39, 0.29) is 18.2 Å². The molecular weight excluding hydrogens is 518 g/mol. The Morgan fingerprint density at radius 2 is 1.77 bits per heavy atom. The van der Waals surface area contributed by atoms with Crippen molar-refractivity contribution < 1.29 is 24.2 Å². The van der Waals surface area contributed by atoms with Gasteiger partial charge >= 0.3 is 6.09 Å². The van der Waals surface area contributed by atoms with Crippen LogP contribution in [0.4, 0.5) is 10.5 Å². The van der Waals surface area contributed by atoms with E-state index in [1.807, 2.05) is 33.8 Å². The molecule has 3 amide bonds. The van der Waals surface area contributed by atoms with Crippen LogP contribution in [0.3, 0.4) is 0 Å². The molecule has 2 aromatic rings. The van der Waals surface area contributed by atoms with Crippen molar-refractivity contribution in [2.45, 2.75) is 85.4 Å². The van der Waals surface area contributed by atoms with Crippen molar-refractivity contribution in [1.29, 1.82) is 0 Å². The minimum atomic E-state index is -1.10. The van der Waals surface area contributed by atoms with E-state index in [2.05, 4.69) is 10.6 Å². The molecule has 0 fully saturated rings. The standard InChI is InChI=1S/C30H42ClN3O5/c1-8-10-17-34(28(37)25(19(3)9-2)33-29(38)39-30(5,6)7)26(21-14-12-15-22(35)18-21)27(36)32-24-20(4)13-11-16-23(24)31/h11-16,18-19,25-26,35H,8-10,17H2,1-7H3,(H,32,36)(H,33,38). The SMILES string of the molecule is CCCCN(C(=O)C(NC(=O)OC(C)(C)C)C(C)CC)C(C(=O)Nc1c(C)cccc1Cl)c1cccc(O)c1. The van der Waals surface area contributed by atoms with Gasteiger partial charge in [-0.05, 0) is 69.4 Å². The number of anilines is 1. The number of ether oxygens (including phenoxy) is 1. The Morgan fingerprint density at radius 1 is 1.10 bits per heavy atom. The van der Waals surface area contributed by atoms with E-state index in [1.165, 1.54) is 17.0 Å². The van der Waals surface area contributed by atoms with Gasteiger partial charge in [0.25, 0.3) is 5.91 Å². The molecule has 2 aromatic carbocycles. The molecule has 8 nitrogen and oxygen atoms in total. The molecular formula is C30H42ClN3O5. The van der Waals surface area contributed by atoms with E-state index in [0.717, 1.165) is 12.0 Å². The Morgan fingerprint density at radius 3 is 2.33 bits per heavy atom. The molecule has 0 heterocycles. The molecule has 3 N–H and O–H groups in total. The Kier molecular flexibility index (Phi) is 11.6. The third-order valence-electron chi connectivity index (χ3n) is 6.40. The van der Waals surface area contributed by atoms with Crippen molar-refractivity contribution in [3.05, 3.63) is 58.6 Å². The number of halogens is 1. The summed E-state index contributed by atoms with van der Waals surface area (Å²) >= 11 is 6.40. The van der Waals surface area contributed by atoms with Gasteiger partial charge in [-0.25, -0.2) is 4.79 Å². The predicted octanol–water partition coefficient (Wildman–Crippen LogP) is 6.60. The number of benzene rings is 2. The summed E-state index contributed by atoms with van der Waals surface area (Å²) in [5.74, 6) is -1.18. The molecule has 0 spiro atoms. The second kappa shape index (κ2) is 14.2. The number of nitrogens with one attached hydrogen (secondary N) is 2. The summed E-state index contributed by atoms with van der Waals surface area (Å²) in [6.07, 6.45) is 1.30. The number of phenols is 1. The Balaban J connectivity index is 2.59. The molecule has 3 atom stereocenters. The summed E-state index contributed by atoms with van der Waals surface area (Å²) in [4.78, 5) is 42.4. The highest BCUT2D eigenvalue weighted by Crippen LogP contribution is 2.31. The Labute approximate surface area is 237 Å². The van der Waals surface area contributed by atoms with E-state index in [9.17, 15) is 19.5 Å². The van der Waals surface area contributed by atoms with Gasteiger partial charge in [-0.3, -0.25) is 9.59 Å². The molecule has 214 valence electrons. The number of hydrogen-bond donors (Lipinski definition) is 3. The molecule has 0 saturated heterocycles. The smallest absolute Gasteiger partial charge is 0.408 e. The lowest BCUT2D eigenvalue weighted by Crippen LogP contribution is -2.55. The van der Waals surface area contributed by atoms with E-state index < -0.39 is 35.6 Å². The second-order valence-corrected chi connectivity index (χ2v) is 11.2. The average Bonchev–Trinajstić information content (AvgIpc) is 2.85. The lowest BCUT2D eigenvalue weighted by Gasteiger charge is -2.36. The summed E-state index contributed by atoms with van der Waals surface area (Å²) in [6, 6.07) is 9.54. The molecule has 9 heteroatoms. The van der Waals surface area contributed by atoms with Gasteiger partial charge in [0.05, 0.1) is 10.7 Å². The molecule has 2 rings (SSSR count). The minimum absolute atomic E-state index is 0.0347. The van der Waals surface area contributed by atoms with Crippen LogP contribution in [-0.2, 0) is 14.3 Å². The number of para-hydroxylation sites is 1. The lowest BCUT2D eigenvalue weighted by molar-refractivity contribution is -0.142. The molecule has 0 radical (unpaired) electrons. The van der Waals surface area contributed by atoms with E-state index in [4.69, 9.17) is 16.3 Å². The van der Waals surface area contributed by atoms with Crippen molar-refractivity contribution in [3.63, 3.8) is 0 Å². The number of amides is 3. The van der Waals surface area contributed by atoms with Crippen molar-refractivity contribution in [2.75, 3.05) is 11.9 Å². The number of carbonyl (C=O) groups is 3. The summed E-state index contributed by atoms with van der Waals surface area (Å²) < 4.78 is 5.44. The minimum Gasteiger partial charge on any atom is -0.508 e. The number of carbonyl (C=O) groups excluding carboxylic acids is 3. The van der Waals surface area contributed by atoms with Crippen LogP contribution in [0.1, 0.15) is 78.0 Å². The second-order valence-electron chi connectivity index (χ2n) is 10.8. The van der Waals surface area contributed by atoms with Gasteiger partial charge in [0, 0.05) is 6.54 Å². The highest BCUT2D eigenvalue weighted by atomic mass is 35.5. The number of hydrogen-bond acceptors (Lipinski definition) is 5. The Hall–Kier alpha value is -3.26. The number of aryl methyl sites for hydroxylation is 1. The fourth-order valence-corrected chi connectivity index (χ4v) is 4.41. The molecule has 39 heavy (non-hydrogen) atoms. The van der Waals surface area contributed by atoms with Crippen LogP contribution in [-0.4, -0.2) is 46.1 Å². The lowest BCUT2D eigenvalue weighted by atomic mass is 9.95. The van der Waals surface area contributed by atoms with E-state index >= 15 is 0 Å². The monoisotopic (exact) mass is 559 g/mol. The fourth-order valence-electron chi connectivity index (χ4n) is 4.14. The summed E-state index contributed by atoms with van der Waals surface area (Å²) in [7, 11) is 0. The zero-order valence-corrected chi connectivity index (χ0v) is 24.8. The largest absolute Gasteiger partial charge is 0.508 e. The molecule has 0 aliphatic carbocycles. The van der Waals surface area contributed by atoms with Gasteiger partial charge in [-0.15, -0.1) is 0 Å². The van der Waals surface area contributed by atoms with Gasteiger partial charge in [0.1, 0.15) is 23.4 Å². The van der Waals surface area contributed by atoms with Gasteiger partial charge < -0.3 is 25.4 Å². The van der Waals surface area contributed by atoms with Crippen molar-refractivity contribution >= 4 is 35.2 Å². The third kappa shape index (κ3) is 9.17. The first-order chi connectivity index (χ1) is 18.3. The molecule has 0 saturated carbocycles. The first-order valence-electron chi connectivity index (χ1n) is 13.4. The maximum Gasteiger partial charge on any atom is 0.408 e. The van der Waals surface area contributed by atoms with Gasteiger partial charge in [-0.1, -0.05) is 69.5 Å². The van der Waals surface area contributed by atoms with Gasteiger partial charge in [0.2, 0.25) is 5.91 Å². The Bertz CT molecular complexity index is 1130. The average molecular weight is 560 g/mol. The summed E-state index contributed by atoms with van der Waals surface area (Å²) in [6.45, 7) is 13.1. The van der Waals surface area contributed by atoms with Crippen LogP contribution in [0.5, 0.6) is 5.75 Å².